The predicted octanol–water partition coefficient (Wildman–Crippen LogP) is 0.339. The van der Waals surface area contributed by atoms with Gasteiger partial charge in [0.25, 0.3) is 0 Å². The minimum Gasteiger partial charge on any atom is -0.723 e. The van der Waals surface area contributed by atoms with Crippen LogP contribution >= 0.6 is 0 Å². The van der Waals surface area contributed by atoms with E-state index in [-0.39, 0.29) is 18.6 Å². The standard InChI is InChI=1S/C8H16O3/c1-6(2)7-3-8(5-11-9)10-4-7/h6-9H,3-5H2,1-2H3/p-1/t7-,8-/m0/s1/i4T/t4-,7-,8-. The lowest BCUT2D eigenvalue weighted by molar-refractivity contribution is -0.691. The summed E-state index contributed by atoms with van der Waals surface area (Å²) in [5.74, 6) is 0.675. The van der Waals surface area contributed by atoms with Gasteiger partial charge in [-0.3, -0.25) is 0 Å². The van der Waals surface area contributed by atoms with Crippen LogP contribution in [0.3, 0.4) is 0 Å². The Morgan fingerprint density at radius 2 is 2.55 bits per heavy atom. The van der Waals surface area contributed by atoms with E-state index in [4.69, 9.17) is 6.11 Å². The van der Waals surface area contributed by atoms with Gasteiger partial charge >= 0.3 is 0 Å². The lowest BCUT2D eigenvalue weighted by Gasteiger charge is -2.13. The van der Waals surface area contributed by atoms with Gasteiger partial charge in [-0.15, -0.1) is 0 Å². The summed E-state index contributed by atoms with van der Waals surface area (Å²) in [5.41, 5.74) is 0. The van der Waals surface area contributed by atoms with E-state index in [2.05, 4.69) is 18.7 Å². The van der Waals surface area contributed by atoms with Crippen LogP contribution in [0.4, 0.5) is 0 Å². The summed E-state index contributed by atoms with van der Waals surface area (Å²) in [6.07, 6.45) is 0.603. The Balaban J connectivity index is 2.39. The molecular weight excluding hydrogens is 144 g/mol. The van der Waals surface area contributed by atoms with Crippen molar-refractivity contribution < 1.29 is 16.3 Å². The molecule has 1 aliphatic heterocycles. The fourth-order valence-corrected chi connectivity index (χ4v) is 1.24. The third kappa shape index (κ3) is 2.43. The number of ether oxygens (including phenoxy) is 1. The monoisotopic (exact) mass is 161 g/mol. The molecule has 0 bridgehead atoms. The zero-order valence-electron chi connectivity index (χ0n) is 7.95. The van der Waals surface area contributed by atoms with Crippen molar-refractivity contribution in [3.05, 3.63) is 0 Å². The molecule has 3 atom stereocenters. The van der Waals surface area contributed by atoms with Crippen LogP contribution in [0.15, 0.2) is 0 Å². The largest absolute Gasteiger partial charge is 0.723 e. The van der Waals surface area contributed by atoms with Crippen LogP contribution in [0.5, 0.6) is 0 Å². The van der Waals surface area contributed by atoms with Crippen LogP contribution in [0.1, 0.15) is 21.6 Å². The molecule has 0 radical (unpaired) electrons. The summed E-state index contributed by atoms with van der Waals surface area (Å²) in [4.78, 5) is 3.74. The number of hydrogen-bond acceptors (Lipinski definition) is 3. The van der Waals surface area contributed by atoms with Gasteiger partial charge in [-0.2, -0.15) is 0 Å². The van der Waals surface area contributed by atoms with E-state index in [9.17, 15) is 5.26 Å². The number of rotatable bonds is 3. The third-order valence-electron chi connectivity index (χ3n) is 2.09. The van der Waals surface area contributed by atoms with Crippen molar-refractivity contribution in [3.63, 3.8) is 0 Å². The topological polar surface area (TPSA) is 41.5 Å². The molecule has 3 nitrogen and oxygen atoms in total. The maximum Gasteiger partial charge on any atom is 0.0803 e. The molecule has 0 N–H and O–H groups in total. The van der Waals surface area contributed by atoms with Crippen LogP contribution < -0.4 is 5.26 Å². The zero-order chi connectivity index (χ0) is 9.14. The van der Waals surface area contributed by atoms with Gasteiger partial charge in [-0.25, -0.2) is 0 Å². The van der Waals surface area contributed by atoms with Crippen LogP contribution in [0.2, 0.25) is 0 Å². The first kappa shape index (κ1) is 7.53. The highest BCUT2D eigenvalue weighted by molar-refractivity contribution is 4.74. The molecule has 0 aliphatic carbocycles. The minimum atomic E-state index is -0.481. The van der Waals surface area contributed by atoms with Crippen molar-refractivity contribution >= 4 is 0 Å². The van der Waals surface area contributed by atoms with Gasteiger partial charge in [0.1, 0.15) is 0 Å². The molecule has 1 saturated heterocycles. The predicted molar refractivity (Wildman–Crippen MR) is 38.6 cm³/mol. The van der Waals surface area contributed by atoms with E-state index < -0.39 is 6.58 Å². The van der Waals surface area contributed by atoms with Crippen molar-refractivity contribution in [2.45, 2.75) is 26.4 Å². The highest BCUT2D eigenvalue weighted by atomic mass is 17.1. The first-order chi connectivity index (χ1) is 5.65. The summed E-state index contributed by atoms with van der Waals surface area (Å²) < 4.78 is 12.8. The van der Waals surface area contributed by atoms with Crippen molar-refractivity contribution in [1.82, 2.24) is 0 Å². The molecule has 0 saturated carbocycles. The molecule has 0 spiro atoms. The minimum absolute atomic E-state index is 0.0681. The molecule has 1 aliphatic rings. The Morgan fingerprint density at radius 1 is 1.82 bits per heavy atom. The molecule has 0 unspecified atom stereocenters. The van der Waals surface area contributed by atoms with Gasteiger partial charge < -0.3 is 14.9 Å². The maximum atomic E-state index is 9.83. The van der Waals surface area contributed by atoms with Crippen molar-refractivity contribution in [2.75, 3.05) is 13.2 Å². The van der Waals surface area contributed by atoms with Gasteiger partial charge in [0.2, 0.25) is 0 Å². The van der Waals surface area contributed by atoms with Gasteiger partial charge in [-0.05, 0) is 18.3 Å². The van der Waals surface area contributed by atoms with Crippen LogP contribution in [0.25, 0.3) is 0 Å². The molecule has 1 fully saturated rings. The normalized spacial score (nSPS) is 39.6. The highest BCUT2D eigenvalue weighted by Gasteiger charge is 2.26. The van der Waals surface area contributed by atoms with Crippen molar-refractivity contribution in [3.8, 4) is 0 Å². The Hall–Kier alpha value is -0.120. The second-order valence-electron chi connectivity index (χ2n) is 3.32. The Morgan fingerprint density at radius 3 is 3.00 bits per heavy atom. The van der Waals surface area contributed by atoms with Crippen LogP contribution in [-0.2, 0) is 9.62 Å². The molecule has 0 aromatic rings. The van der Waals surface area contributed by atoms with E-state index in [1.54, 1.807) is 0 Å². The summed E-state index contributed by atoms with van der Waals surface area (Å²) in [7, 11) is 0. The molecular formula is C8H15O3-. The van der Waals surface area contributed by atoms with E-state index in [0.717, 1.165) is 6.42 Å². The van der Waals surface area contributed by atoms with E-state index in [1.807, 2.05) is 0 Å². The smallest absolute Gasteiger partial charge is 0.0803 e. The third-order valence-corrected chi connectivity index (χ3v) is 2.09. The molecule has 3 heteroatoms. The molecule has 0 amide bonds. The fraction of sp³-hybridized carbons (Fsp3) is 1.00. The molecule has 1 rings (SSSR count). The Kier molecular flexibility index (Phi) is 2.77. The average Bonchev–Trinajstić information content (AvgIpc) is 2.32. The van der Waals surface area contributed by atoms with Crippen LogP contribution in [-0.4, -0.2) is 19.3 Å². The summed E-state index contributed by atoms with van der Waals surface area (Å²) in [6, 6.07) is 0. The average molecular weight is 161 g/mol. The van der Waals surface area contributed by atoms with Crippen molar-refractivity contribution in [1.29, 1.82) is 0 Å². The molecule has 0 aromatic carbocycles. The van der Waals surface area contributed by atoms with Gasteiger partial charge in [0.05, 0.1) is 20.7 Å². The SMILES string of the molecule is [3H][C@@H]1O[C@H](CO[O-])C[C@@H]1C(C)C. The summed E-state index contributed by atoms with van der Waals surface area (Å²) in [6.45, 7) is 3.72. The molecule has 0 aromatic heterocycles. The quantitative estimate of drug-likeness (QED) is 0.442. The molecule has 66 valence electrons. The zero-order valence-corrected chi connectivity index (χ0v) is 6.95. The first-order valence-corrected chi connectivity index (χ1v) is 3.97. The Bertz CT molecular complexity index is 140. The molecule has 1 heterocycles. The summed E-state index contributed by atoms with van der Waals surface area (Å²) >= 11 is 0. The highest BCUT2D eigenvalue weighted by Crippen LogP contribution is 2.25. The first-order valence-electron chi connectivity index (χ1n) is 4.55. The Labute approximate surface area is 68.6 Å². The van der Waals surface area contributed by atoms with E-state index in [1.165, 1.54) is 0 Å². The molecule has 11 heavy (non-hydrogen) atoms. The van der Waals surface area contributed by atoms with E-state index in [0.29, 0.717) is 5.92 Å². The maximum absolute atomic E-state index is 9.83. The van der Waals surface area contributed by atoms with Gasteiger partial charge in [-0.1, -0.05) is 13.8 Å². The van der Waals surface area contributed by atoms with Crippen molar-refractivity contribution in [2.24, 2.45) is 11.8 Å². The van der Waals surface area contributed by atoms with Crippen LogP contribution in [0, 0.1) is 11.8 Å². The van der Waals surface area contributed by atoms with E-state index >= 15 is 0 Å². The lowest BCUT2D eigenvalue weighted by Crippen LogP contribution is -2.19. The second kappa shape index (κ2) is 4.04. The number of hydrogen-bond donors (Lipinski definition) is 0. The lowest BCUT2D eigenvalue weighted by atomic mass is 9.94. The van der Waals surface area contributed by atoms with Gasteiger partial charge in [0, 0.05) is 0 Å². The second-order valence-corrected chi connectivity index (χ2v) is 3.32. The van der Waals surface area contributed by atoms with Gasteiger partial charge in [0.15, 0.2) is 0 Å². The summed E-state index contributed by atoms with van der Waals surface area (Å²) in [5, 5.41) is 9.83. The fourth-order valence-electron chi connectivity index (χ4n) is 1.24.